The lowest BCUT2D eigenvalue weighted by Gasteiger charge is -2.37. The average molecular weight is 464 g/mol. The molecule has 0 bridgehead atoms. The van der Waals surface area contributed by atoms with Crippen molar-refractivity contribution in [1.29, 1.82) is 0 Å². The van der Waals surface area contributed by atoms with Crippen LogP contribution in [-0.4, -0.2) is 73.6 Å². The molecule has 2 N–H and O–H groups in total. The highest BCUT2D eigenvalue weighted by atomic mass is 127. The molecule has 1 aliphatic heterocycles. The summed E-state index contributed by atoms with van der Waals surface area (Å²) in [5.41, 5.74) is 0.470. The number of carbonyl (C=O) groups is 1. The molecule has 0 saturated carbocycles. The first kappa shape index (κ1) is 21.7. The van der Waals surface area contributed by atoms with Gasteiger partial charge in [0, 0.05) is 59.4 Å². The molecule has 0 radical (unpaired) electrons. The molecule has 1 aromatic heterocycles. The van der Waals surface area contributed by atoms with E-state index in [0.717, 1.165) is 44.4 Å². The highest BCUT2D eigenvalue weighted by Crippen LogP contribution is 2.14. The summed E-state index contributed by atoms with van der Waals surface area (Å²) < 4.78 is 4.88. The van der Waals surface area contributed by atoms with Crippen LogP contribution in [0.4, 0.5) is 0 Å². The van der Waals surface area contributed by atoms with Crippen LogP contribution in [0.1, 0.15) is 19.5 Å². The quantitative estimate of drug-likeness (QED) is 0.380. The van der Waals surface area contributed by atoms with E-state index in [1.807, 2.05) is 19.9 Å². The van der Waals surface area contributed by atoms with Crippen LogP contribution in [0, 0.1) is 5.41 Å². The fourth-order valence-corrected chi connectivity index (χ4v) is 2.72. The Bertz CT molecular complexity index is 553. The van der Waals surface area contributed by atoms with Gasteiger partial charge in [-0.15, -0.1) is 24.0 Å². The van der Waals surface area contributed by atoms with E-state index in [1.165, 1.54) is 0 Å². The minimum Gasteiger partial charge on any atom is -0.364 e. The molecule has 8 nitrogen and oxygen atoms in total. The van der Waals surface area contributed by atoms with E-state index in [4.69, 9.17) is 4.52 Å². The summed E-state index contributed by atoms with van der Waals surface area (Å²) in [6.45, 7) is 8.83. The molecule has 0 spiro atoms. The first-order chi connectivity index (χ1) is 11.5. The summed E-state index contributed by atoms with van der Waals surface area (Å²) in [6, 6.07) is 1.90. The molecule has 0 atom stereocenters. The number of hydrogen-bond donors (Lipinski definition) is 2. The summed E-state index contributed by atoms with van der Waals surface area (Å²) in [5, 5.41) is 9.98. The third-order valence-corrected chi connectivity index (χ3v) is 4.29. The van der Waals surface area contributed by atoms with Crippen molar-refractivity contribution in [3.63, 3.8) is 0 Å². The number of aromatic nitrogens is 1. The molecule has 142 valence electrons. The Labute approximate surface area is 166 Å². The summed E-state index contributed by atoms with van der Waals surface area (Å²) in [4.78, 5) is 20.8. The summed E-state index contributed by atoms with van der Waals surface area (Å²) in [6.07, 6.45) is 1.60. The SMILES string of the molecule is CN=C(NCC(C)(C)C(=O)NC)N1CCN(Cc2ccon2)CC1.I. The van der Waals surface area contributed by atoms with Crippen LogP contribution in [-0.2, 0) is 11.3 Å². The van der Waals surface area contributed by atoms with E-state index >= 15 is 0 Å². The van der Waals surface area contributed by atoms with E-state index < -0.39 is 5.41 Å². The molecule has 0 aromatic carbocycles. The zero-order valence-electron chi connectivity index (χ0n) is 15.4. The number of nitrogens with zero attached hydrogens (tertiary/aromatic N) is 4. The van der Waals surface area contributed by atoms with Gasteiger partial charge in [-0.05, 0) is 13.8 Å². The first-order valence-corrected chi connectivity index (χ1v) is 8.25. The van der Waals surface area contributed by atoms with Crippen LogP contribution >= 0.6 is 24.0 Å². The van der Waals surface area contributed by atoms with Gasteiger partial charge in [-0.1, -0.05) is 5.16 Å². The third kappa shape index (κ3) is 6.14. The number of nitrogens with one attached hydrogen (secondary N) is 2. The predicted octanol–water partition coefficient (Wildman–Crippen LogP) is 0.758. The van der Waals surface area contributed by atoms with Crippen LogP contribution in [0.15, 0.2) is 21.8 Å². The van der Waals surface area contributed by atoms with E-state index in [2.05, 4.69) is 30.6 Å². The number of halogens is 1. The van der Waals surface area contributed by atoms with Crippen molar-refractivity contribution in [1.82, 2.24) is 25.6 Å². The molecular weight excluding hydrogens is 435 g/mol. The zero-order chi connectivity index (χ0) is 17.6. The third-order valence-electron chi connectivity index (χ3n) is 4.29. The summed E-state index contributed by atoms with van der Waals surface area (Å²) >= 11 is 0. The second kappa shape index (κ2) is 9.95. The van der Waals surface area contributed by atoms with Gasteiger partial charge in [0.25, 0.3) is 0 Å². The molecule has 25 heavy (non-hydrogen) atoms. The van der Waals surface area contributed by atoms with Gasteiger partial charge in [-0.3, -0.25) is 14.7 Å². The number of aliphatic imine (C=N–C) groups is 1. The van der Waals surface area contributed by atoms with Gasteiger partial charge < -0.3 is 20.1 Å². The maximum Gasteiger partial charge on any atom is 0.227 e. The number of piperazine rings is 1. The van der Waals surface area contributed by atoms with Gasteiger partial charge >= 0.3 is 0 Å². The second-order valence-electron chi connectivity index (χ2n) is 6.62. The monoisotopic (exact) mass is 464 g/mol. The summed E-state index contributed by atoms with van der Waals surface area (Å²) in [5.74, 6) is 0.857. The van der Waals surface area contributed by atoms with Crippen molar-refractivity contribution in [3.8, 4) is 0 Å². The molecule has 0 unspecified atom stereocenters. The van der Waals surface area contributed by atoms with Gasteiger partial charge in [0.15, 0.2) is 5.96 Å². The first-order valence-electron chi connectivity index (χ1n) is 8.25. The van der Waals surface area contributed by atoms with Crippen molar-refractivity contribution < 1.29 is 9.32 Å². The predicted molar refractivity (Wildman–Crippen MR) is 108 cm³/mol. The molecule has 1 aromatic rings. The molecule has 1 saturated heterocycles. The van der Waals surface area contributed by atoms with Gasteiger partial charge in [0.1, 0.15) is 6.26 Å². The average Bonchev–Trinajstić information content (AvgIpc) is 3.09. The Kier molecular flexibility index (Phi) is 8.63. The van der Waals surface area contributed by atoms with Gasteiger partial charge in [-0.25, -0.2) is 0 Å². The molecule has 0 aliphatic carbocycles. The van der Waals surface area contributed by atoms with Crippen LogP contribution in [0.3, 0.4) is 0 Å². The molecule has 1 fully saturated rings. The van der Waals surface area contributed by atoms with E-state index in [0.29, 0.717) is 6.54 Å². The Hall–Kier alpha value is -1.36. The second-order valence-corrected chi connectivity index (χ2v) is 6.62. The molecule has 1 amide bonds. The van der Waals surface area contributed by atoms with Gasteiger partial charge in [0.05, 0.1) is 11.1 Å². The van der Waals surface area contributed by atoms with E-state index in [-0.39, 0.29) is 29.9 Å². The van der Waals surface area contributed by atoms with Crippen molar-refractivity contribution in [2.75, 3.05) is 46.8 Å². The maximum absolute atomic E-state index is 11.9. The van der Waals surface area contributed by atoms with E-state index in [1.54, 1.807) is 20.4 Å². The molecule has 9 heteroatoms. The largest absolute Gasteiger partial charge is 0.364 e. The van der Waals surface area contributed by atoms with Crippen molar-refractivity contribution >= 4 is 35.8 Å². The highest BCUT2D eigenvalue weighted by molar-refractivity contribution is 14.0. The fourth-order valence-electron chi connectivity index (χ4n) is 2.72. The Morgan fingerprint density at radius 2 is 2.04 bits per heavy atom. The topological polar surface area (TPSA) is 86.0 Å². The number of amides is 1. The number of carbonyl (C=O) groups excluding carboxylic acids is 1. The standard InChI is InChI=1S/C16H28N6O2.HI/c1-16(2,14(23)17-3)12-19-15(18-4)22-8-6-21(7-9-22)11-13-5-10-24-20-13;/h5,10H,6-9,11-12H2,1-4H3,(H,17,23)(H,18,19);1H. The lowest BCUT2D eigenvalue weighted by Crippen LogP contribution is -2.54. The normalized spacial score (nSPS) is 16.3. The van der Waals surface area contributed by atoms with E-state index in [9.17, 15) is 4.79 Å². The molecule has 2 rings (SSSR count). The molecule has 2 heterocycles. The smallest absolute Gasteiger partial charge is 0.227 e. The van der Waals surface area contributed by atoms with Crippen LogP contribution in [0.25, 0.3) is 0 Å². The van der Waals surface area contributed by atoms with Gasteiger partial charge in [0.2, 0.25) is 5.91 Å². The van der Waals surface area contributed by atoms with Crippen molar-refractivity contribution in [3.05, 3.63) is 18.0 Å². The lowest BCUT2D eigenvalue weighted by atomic mass is 9.92. The number of guanidine groups is 1. The van der Waals surface area contributed by atoms with Crippen LogP contribution in [0.2, 0.25) is 0 Å². The number of hydrogen-bond acceptors (Lipinski definition) is 5. The van der Waals surface area contributed by atoms with Gasteiger partial charge in [-0.2, -0.15) is 0 Å². The Morgan fingerprint density at radius 1 is 1.36 bits per heavy atom. The minimum absolute atomic E-state index is 0. The van der Waals surface area contributed by atoms with Crippen LogP contribution in [0.5, 0.6) is 0 Å². The minimum atomic E-state index is -0.487. The molecule has 1 aliphatic rings. The fraction of sp³-hybridized carbons (Fsp3) is 0.688. The van der Waals surface area contributed by atoms with Crippen molar-refractivity contribution in [2.45, 2.75) is 20.4 Å². The summed E-state index contributed by atoms with van der Waals surface area (Å²) in [7, 11) is 3.43. The Balaban J connectivity index is 0.00000312. The Morgan fingerprint density at radius 3 is 2.56 bits per heavy atom. The molecular formula is C16H29IN6O2. The van der Waals surface area contributed by atoms with Crippen molar-refractivity contribution in [2.24, 2.45) is 10.4 Å². The zero-order valence-corrected chi connectivity index (χ0v) is 17.7. The maximum atomic E-state index is 11.9. The number of rotatable bonds is 5. The highest BCUT2D eigenvalue weighted by Gasteiger charge is 2.28. The van der Waals surface area contributed by atoms with Crippen LogP contribution < -0.4 is 10.6 Å². The lowest BCUT2D eigenvalue weighted by molar-refractivity contribution is -0.128.